The van der Waals surface area contributed by atoms with Gasteiger partial charge < -0.3 is 14.8 Å². The maximum Gasteiger partial charge on any atom is 0.345 e. The first-order chi connectivity index (χ1) is 17.9. The molecule has 4 aromatic rings. The second-order valence-electron chi connectivity index (χ2n) is 7.60. The van der Waals surface area contributed by atoms with Gasteiger partial charge in [-0.05, 0) is 53.4 Å². The first kappa shape index (κ1) is 25.7. The summed E-state index contributed by atoms with van der Waals surface area (Å²) in [5.41, 5.74) is 3.35. The van der Waals surface area contributed by atoms with Crippen LogP contribution in [0, 0.1) is 0 Å². The average molecular weight is 536 g/mol. The maximum atomic E-state index is 12.5. The van der Waals surface area contributed by atoms with Crippen LogP contribution < -0.4 is 20.2 Å². The van der Waals surface area contributed by atoms with E-state index in [0.29, 0.717) is 16.3 Å². The minimum atomic E-state index is -0.943. The molecule has 0 aromatic heterocycles. The lowest BCUT2D eigenvalue weighted by Crippen LogP contribution is -2.32. The number of methoxy groups -OCH3 is 1. The topological polar surface area (TPSA) is 106 Å². The zero-order valence-corrected chi connectivity index (χ0v) is 20.8. The Hall–Kier alpha value is -4.40. The molecular weight excluding hydrogens is 517 g/mol. The number of carbonyl (C=O) groups excluding carboxylic acids is 3. The highest BCUT2D eigenvalue weighted by Crippen LogP contribution is 2.30. The van der Waals surface area contributed by atoms with E-state index in [4.69, 9.17) is 32.7 Å². The van der Waals surface area contributed by atoms with E-state index in [9.17, 15) is 14.4 Å². The Morgan fingerprint density at radius 2 is 1.65 bits per heavy atom. The van der Waals surface area contributed by atoms with Crippen LogP contribution in [0.1, 0.15) is 15.9 Å². The van der Waals surface area contributed by atoms with E-state index in [1.54, 1.807) is 18.2 Å². The predicted molar refractivity (Wildman–Crippen MR) is 143 cm³/mol. The number of fused-ring (bicyclic) bond motifs is 1. The van der Waals surface area contributed by atoms with Crippen molar-refractivity contribution in [2.75, 3.05) is 12.4 Å². The van der Waals surface area contributed by atoms with Crippen LogP contribution in [0.4, 0.5) is 5.69 Å². The number of amides is 2. The molecule has 0 aliphatic rings. The van der Waals surface area contributed by atoms with Crippen LogP contribution in [-0.4, -0.2) is 31.1 Å². The summed E-state index contributed by atoms with van der Waals surface area (Å²) in [6.07, 6.45) is 1.31. The Balaban J connectivity index is 1.39. The van der Waals surface area contributed by atoms with Gasteiger partial charge in [0, 0.05) is 16.1 Å². The fourth-order valence-electron chi connectivity index (χ4n) is 3.39. The summed E-state index contributed by atoms with van der Waals surface area (Å²) in [5, 5.41) is 8.69. The van der Waals surface area contributed by atoms with Gasteiger partial charge in [-0.1, -0.05) is 59.6 Å². The standard InChI is InChI=1S/C27H19Cl2N3O5/c1-36-24-13-16(9-12-23(24)37-27(35)20-11-10-18(28)14-21(20)29)15-30-32-26(34)25(33)31-22-8-4-6-17-5-2-3-7-19(17)22/h2-15H,1H3,(H,31,33)(H,32,34). The number of esters is 1. The highest BCUT2D eigenvalue weighted by atomic mass is 35.5. The molecule has 37 heavy (non-hydrogen) atoms. The fourth-order valence-corrected chi connectivity index (χ4v) is 3.87. The lowest BCUT2D eigenvalue weighted by atomic mass is 10.1. The molecule has 0 saturated carbocycles. The molecule has 4 aromatic carbocycles. The molecule has 4 rings (SSSR count). The van der Waals surface area contributed by atoms with E-state index >= 15 is 0 Å². The summed E-state index contributed by atoms with van der Waals surface area (Å²) in [7, 11) is 1.41. The van der Waals surface area contributed by atoms with Gasteiger partial charge >= 0.3 is 17.8 Å². The van der Waals surface area contributed by atoms with Crippen LogP contribution in [0.3, 0.4) is 0 Å². The molecule has 2 amide bonds. The van der Waals surface area contributed by atoms with Gasteiger partial charge in [0.15, 0.2) is 11.5 Å². The van der Waals surface area contributed by atoms with E-state index in [1.165, 1.54) is 43.7 Å². The lowest BCUT2D eigenvalue weighted by Gasteiger charge is -2.10. The van der Waals surface area contributed by atoms with Crippen molar-refractivity contribution in [1.29, 1.82) is 0 Å². The summed E-state index contributed by atoms with van der Waals surface area (Å²) in [6, 6.07) is 21.9. The number of anilines is 1. The third-order valence-corrected chi connectivity index (χ3v) is 5.71. The number of carbonyl (C=O) groups is 3. The third kappa shape index (κ3) is 6.24. The maximum absolute atomic E-state index is 12.5. The Morgan fingerprint density at radius 1 is 0.865 bits per heavy atom. The molecule has 0 heterocycles. The van der Waals surface area contributed by atoms with Crippen LogP contribution >= 0.6 is 23.2 Å². The van der Waals surface area contributed by atoms with E-state index in [1.807, 2.05) is 30.3 Å². The van der Waals surface area contributed by atoms with E-state index in [-0.39, 0.29) is 22.1 Å². The number of hydrogen-bond acceptors (Lipinski definition) is 6. The predicted octanol–water partition coefficient (Wildman–Crippen LogP) is 5.46. The molecule has 0 aliphatic heterocycles. The van der Waals surface area contributed by atoms with E-state index < -0.39 is 17.8 Å². The van der Waals surface area contributed by atoms with Crippen LogP contribution in [0.5, 0.6) is 11.5 Å². The molecule has 0 aliphatic carbocycles. The van der Waals surface area contributed by atoms with Crippen LogP contribution in [0.25, 0.3) is 10.8 Å². The molecule has 2 N–H and O–H groups in total. The van der Waals surface area contributed by atoms with Crippen LogP contribution in [0.2, 0.25) is 10.0 Å². The van der Waals surface area contributed by atoms with Gasteiger partial charge in [-0.25, -0.2) is 10.2 Å². The SMILES string of the molecule is COc1cc(C=NNC(=O)C(=O)Nc2cccc3ccccc23)ccc1OC(=O)c1ccc(Cl)cc1Cl. The molecule has 0 spiro atoms. The van der Waals surface area contributed by atoms with Gasteiger partial charge in [0.1, 0.15) is 0 Å². The third-order valence-electron chi connectivity index (χ3n) is 5.17. The first-order valence-corrected chi connectivity index (χ1v) is 11.6. The first-order valence-electron chi connectivity index (χ1n) is 10.8. The molecule has 186 valence electrons. The number of hydrogen-bond donors (Lipinski definition) is 2. The quantitative estimate of drug-likeness (QED) is 0.112. The number of nitrogens with one attached hydrogen (secondary N) is 2. The van der Waals surface area contributed by atoms with Gasteiger partial charge in [0.25, 0.3) is 0 Å². The molecule has 8 nitrogen and oxygen atoms in total. The van der Waals surface area contributed by atoms with Crippen molar-refractivity contribution in [2.24, 2.45) is 5.10 Å². The number of benzene rings is 4. The van der Waals surface area contributed by atoms with Crippen molar-refractivity contribution in [3.63, 3.8) is 0 Å². The Labute approximate surface area is 221 Å². The van der Waals surface area contributed by atoms with Crippen LogP contribution in [-0.2, 0) is 9.59 Å². The van der Waals surface area contributed by atoms with Gasteiger partial charge in [0.05, 0.1) is 23.9 Å². The van der Waals surface area contributed by atoms with Crippen molar-refractivity contribution in [3.05, 3.63) is 100 Å². The highest BCUT2D eigenvalue weighted by Gasteiger charge is 2.17. The molecule has 0 bridgehead atoms. The van der Waals surface area contributed by atoms with Crippen molar-refractivity contribution in [2.45, 2.75) is 0 Å². The smallest absolute Gasteiger partial charge is 0.345 e. The van der Waals surface area contributed by atoms with Gasteiger partial charge in [0.2, 0.25) is 0 Å². The van der Waals surface area contributed by atoms with Gasteiger partial charge in [-0.3, -0.25) is 9.59 Å². The molecule has 0 fully saturated rings. The number of nitrogens with zero attached hydrogens (tertiary/aromatic N) is 1. The zero-order valence-electron chi connectivity index (χ0n) is 19.3. The normalized spacial score (nSPS) is 10.8. The fraction of sp³-hybridized carbons (Fsp3) is 0.0370. The summed E-state index contributed by atoms with van der Waals surface area (Å²) >= 11 is 11.9. The van der Waals surface area contributed by atoms with Crippen molar-refractivity contribution < 1.29 is 23.9 Å². The average Bonchev–Trinajstić information content (AvgIpc) is 2.89. The van der Waals surface area contributed by atoms with Gasteiger partial charge in [-0.15, -0.1) is 0 Å². The molecular formula is C27H19Cl2N3O5. The summed E-state index contributed by atoms with van der Waals surface area (Å²) in [6.45, 7) is 0. The zero-order chi connectivity index (χ0) is 26.4. The molecule has 0 unspecified atom stereocenters. The van der Waals surface area contributed by atoms with Crippen molar-refractivity contribution >= 4 is 63.7 Å². The van der Waals surface area contributed by atoms with Crippen LogP contribution in [0.15, 0.2) is 84.0 Å². The molecule has 0 radical (unpaired) electrons. The Morgan fingerprint density at radius 3 is 2.43 bits per heavy atom. The Kier molecular flexibility index (Phi) is 8.02. The monoisotopic (exact) mass is 535 g/mol. The summed E-state index contributed by atoms with van der Waals surface area (Å²) in [5.74, 6) is -2.11. The Bertz CT molecular complexity index is 1530. The van der Waals surface area contributed by atoms with E-state index in [2.05, 4.69) is 15.8 Å². The molecule has 0 atom stereocenters. The highest BCUT2D eigenvalue weighted by molar-refractivity contribution is 6.40. The molecule has 0 saturated heterocycles. The molecule has 10 heteroatoms. The van der Waals surface area contributed by atoms with Crippen molar-refractivity contribution in [3.8, 4) is 11.5 Å². The largest absolute Gasteiger partial charge is 0.493 e. The number of hydrazone groups is 1. The lowest BCUT2D eigenvalue weighted by molar-refractivity contribution is -0.136. The minimum absolute atomic E-state index is 0.142. The number of rotatable bonds is 6. The van der Waals surface area contributed by atoms with Crippen molar-refractivity contribution in [1.82, 2.24) is 5.43 Å². The second-order valence-corrected chi connectivity index (χ2v) is 8.45. The summed E-state index contributed by atoms with van der Waals surface area (Å²) < 4.78 is 10.7. The minimum Gasteiger partial charge on any atom is -0.493 e. The van der Waals surface area contributed by atoms with E-state index in [0.717, 1.165) is 10.8 Å². The summed E-state index contributed by atoms with van der Waals surface area (Å²) in [4.78, 5) is 37.0. The van der Waals surface area contributed by atoms with Gasteiger partial charge in [-0.2, -0.15) is 5.10 Å². The number of halogens is 2. The number of ether oxygens (including phenoxy) is 2. The second kappa shape index (κ2) is 11.6.